The van der Waals surface area contributed by atoms with Gasteiger partial charge in [-0.25, -0.2) is 0 Å². The minimum atomic E-state index is 0.295. The molecule has 1 aliphatic rings. The highest BCUT2D eigenvalue weighted by atomic mass is 16.2. The first-order valence-corrected chi connectivity index (χ1v) is 9.80. The number of nitrogens with one attached hydrogen (secondary N) is 2. The van der Waals surface area contributed by atoms with E-state index in [9.17, 15) is 4.79 Å². The Morgan fingerprint density at radius 1 is 1.38 bits per heavy atom. The van der Waals surface area contributed by atoms with Gasteiger partial charge in [0.05, 0.1) is 5.69 Å². The van der Waals surface area contributed by atoms with E-state index >= 15 is 0 Å². The standard InChI is InChI=1S/C19H34N6O/c1-5-20-19(21-9-7-11-24-10-6-8-18(24)26)22-13-15(2)14-25-17(4)12-16(3)23-25/h12,15H,5-11,13-14H2,1-4H3,(H2,20,21,22). The summed E-state index contributed by atoms with van der Waals surface area (Å²) in [6.07, 6.45) is 2.66. The highest BCUT2D eigenvalue weighted by Crippen LogP contribution is 2.09. The smallest absolute Gasteiger partial charge is 0.222 e. The molecule has 1 atom stereocenters. The third-order valence-electron chi connectivity index (χ3n) is 4.56. The number of aliphatic imine (C=N–C) groups is 1. The van der Waals surface area contributed by atoms with Gasteiger partial charge < -0.3 is 15.5 Å². The molecular weight excluding hydrogens is 328 g/mol. The molecule has 146 valence electrons. The number of amides is 1. The molecule has 0 radical (unpaired) electrons. The topological polar surface area (TPSA) is 74.6 Å². The molecule has 1 fully saturated rings. The lowest BCUT2D eigenvalue weighted by atomic mass is 10.2. The number of nitrogens with zero attached hydrogens (tertiary/aromatic N) is 4. The molecule has 0 saturated carbocycles. The summed E-state index contributed by atoms with van der Waals surface area (Å²) in [6.45, 7) is 13.4. The van der Waals surface area contributed by atoms with Gasteiger partial charge >= 0.3 is 0 Å². The molecule has 7 heteroatoms. The number of carbonyl (C=O) groups excluding carboxylic acids is 1. The van der Waals surface area contributed by atoms with Crippen molar-refractivity contribution in [2.24, 2.45) is 10.9 Å². The number of hydrogen-bond acceptors (Lipinski definition) is 3. The monoisotopic (exact) mass is 362 g/mol. The first-order valence-electron chi connectivity index (χ1n) is 9.80. The van der Waals surface area contributed by atoms with E-state index in [4.69, 9.17) is 4.99 Å². The van der Waals surface area contributed by atoms with E-state index in [1.807, 2.05) is 11.8 Å². The average Bonchev–Trinajstić information content (AvgIpc) is 3.14. The summed E-state index contributed by atoms with van der Waals surface area (Å²) < 4.78 is 2.06. The summed E-state index contributed by atoms with van der Waals surface area (Å²) in [6, 6.07) is 2.10. The van der Waals surface area contributed by atoms with Crippen molar-refractivity contribution >= 4 is 11.9 Å². The van der Waals surface area contributed by atoms with Gasteiger partial charge in [-0.2, -0.15) is 5.10 Å². The van der Waals surface area contributed by atoms with Gasteiger partial charge in [-0.3, -0.25) is 14.5 Å². The third-order valence-corrected chi connectivity index (χ3v) is 4.56. The number of rotatable bonds is 9. The maximum Gasteiger partial charge on any atom is 0.222 e. The van der Waals surface area contributed by atoms with Crippen LogP contribution in [0.15, 0.2) is 11.1 Å². The molecule has 1 aliphatic heterocycles. The van der Waals surface area contributed by atoms with Crippen molar-refractivity contribution in [3.63, 3.8) is 0 Å². The molecule has 0 bridgehead atoms. The van der Waals surface area contributed by atoms with Gasteiger partial charge in [-0.1, -0.05) is 6.92 Å². The van der Waals surface area contributed by atoms with Crippen LogP contribution in [0, 0.1) is 19.8 Å². The predicted octanol–water partition coefficient (Wildman–Crippen LogP) is 1.70. The van der Waals surface area contributed by atoms with Crippen molar-refractivity contribution in [3.8, 4) is 0 Å². The summed E-state index contributed by atoms with van der Waals surface area (Å²) in [5.41, 5.74) is 2.25. The first kappa shape index (κ1) is 20.3. The van der Waals surface area contributed by atoms with E-state index in [0.29, 0.717) is 18.2 Å². The van der Waals surface area contributed by atoms with Crippen LogP contribution >= 0.6 is 0 Å². The summed E-state index contributed by atoms with van der Waals surface area (Å²) in [7, 11) is 0. The second-order valence-corrected chi connectivity index (χ2v) is 7.20. The summed E-state index contributed by atoms with van der Waals surface area (Å²) in [5.74, 6) is 1.55. The summed E-state index contributed by atoms with van der Waals surface area (Å²) in [4.78, 5) is 18.3. The van der Waals surface area contributed by atoms with Crippen LogP contribution in [0.5, 0.6) is 0 Å². The number of likely N-dealkylation sites (tertiary alicyclic amines) is 1. The van der Waals surface area contributed by atoms with Gasteiger partial charge in [0.1, 0.15) is 0 Å². The molecule has 1 saturated heterocycles. The second-order valence-electron chi connectivity index (χ2n) is 7.20. The zero-order chi connectivity index (χ0) is 18.9. The lowest BCUT2D eigenvalue weighted by Crippen LogP contribution is -2.39. The van der Waals surface area contributed by atoms with E-state index in [-0.39, 0.29) is 0 Å². The van der Waals surface area contributed by atoms with Gasteiger partial charge in [0.25, 0.3) is 0 Å². The largest absolute Gasteiger partial charge is 0.357 e. The van der Waals surface area contributed by atoms with Gasteiger partial charge in [0, 0.05) is 51.4 Å². The van der Waals surface area contributed by atoms with Crippen molar-refractivity contribution in [2.75, 3.05) is 32.7 Å². The predicted molar refractivity (Wildman–Crippen MR) is 105 cm³/mol. The van der Waals surface area contributed by atoms with Crippen LogP contribution in [0.3, 0.4) is 0 Å². The maximum atomic E-state index is 11.6. The Kier molecular flexibility index (Phi) is 7.94. The molecule has 26 heavy (non-hydrogen) atoms. The van der Waals surface area contributed by atoms with Crippen molar-refractivity contribution in [3.05, 3.63) is 17.5 Å². The van der Waals surface area contributed by atoms with Crippen LogP contribution in [0.25, 0.3) is 0 Å². The van der Waals surface area contributed by atoms with Crippen molar-refractivity contribution < 1.29 is 4.79 Å². The molecule has 2 N–H and O–H groups in total. The van der Waals surface area contributed by atoms with Crippen LogP contribution in [0.4, 0.5) is 0 Å². The molecular formula is C19H34N6O. The second kappa shape index (κ2) is 10.2. The molecule has 0 aromatic carbocycles. The molecule has 0 spiro atoms. The molecule has 1 unspecified atom stereocenters. The van der Waals surface area contributed by atoms with Crippen LogP contribution in [0.1, 0.15) is 44.5 Å². The Hall–Kier alpha value is -2.05. The molecule has 1 amide bonds. The fourth-order valence-electron chi connectivity index (χ4n) is 3.22. The fraction of sp³-hybridized carbons (Fsp3) is 0.737. The zero-order valence-electron chi connectivity index (χ0n) is 16.7. The van der Waals surface area contributed by atoms with Crippen LogP contribution in [-0.2, 0) is 11.3 Å². The average molecular weight is 363 g/mol. The minimum Gasteiger partial charge on any atom is -0.357 e. The van der Waals surface area contributed by atoms with Gasteiger partial charge in [0.2, 0.25) is 5.91 Å². The minimum absolute atomic E-state index is 0.295. The lowest BCUT2D eigenvalue weighted by molar-refractivity contribution is -0.127. The Morgan fingerprint density at radius 3 is 2.81 bits per heavy atom. The van der Waals surface area contributed by atoms with Crippen molar-refractivity contribution in [2.45, 2.75) is 53.5 Å². The fourth-order valence-corrected chi connectivity index (χ4v) is 3.22. The summed E-state index contributed by atoms with van der Waals surface area (Å²) >= 11 is 0. The Labute approximate surface area is 157 Å². The number of aromatic nitrogens is 2. The van der Waals surface area contributed by atoms with Crippen molar-refractivity contribution in [1.29, 1.82) is 0 Å². The lowest BCUT2D eigenvalue weighted by Gasteiger charge is -2.17. The van der Waals surface area contributed by atoms with Crippen LogP contribution in [-0.4, -0.2) is 59.3 Å². The van der Waals surface area contributed by atoms with E-state index in [0.717, 1.165) is 63.8 Å². The third kappa shape index (κ3) is 6.35. The Bertz CT molecular complexity index is 609. The van der Waals surface area contributed by atoms with Crippen molar-refractivity contribution in [1.82, 2.24) is 25.3 Å². The number of hydrogen-bond donors (Lipinski definition) is 2. The SMILES string of the molecule is CCNC(=NCC(C)Cn1nc(C)cc1C)NCCCN1CCCC1=O. The van der Waals surface area contributed by atoms with E-state index in [1.54, 1.807) is 0 Å². The highest BCUT2D eigenvalue weighted by Gasteiger charge is 2.18. The molecule has 2 heterocycles. The molecule has 2 rings (SSSR count). The molecule has 1 aromatic heterocycles. The number of carbonyl (C=O) groups is 1. The first-order chi connectivity index (χ1) is 12.5. The molecule has 7 nitrogen and oxygen atoms in total. The number of guanidine groups is 1. The van der Waals surface area contributed by atoms with Gasteiger partial charge in [0.15, 0.2) is 5.96 Å². The Morgan fingerprint density at radius 2 is 2.19 bits per heavy atom. The van der Waals surface area contributed by atoms with Gasteiger partial charge in [-0.15, -0.1) is 0 Å². The number of aryl methyl sites for hydroxylation is 2. The Balaban J connectivity index is 1.74. The van der Waals surface area contributed by atoms with Gasteiger partial charge in [-0.05, 0) is 45.6 Å². The maximum absolute atomic E-state index is 11.6. The summed E-state index contributed by atoms with van der Waals surface area (Å²) in [5, 5.41) is 11.2. The quantitative estimate of drug-likeness (QED) is 0.398. The highest BCUT2D eigenvalue weighted by molar-refractivity contribution is 5.79. The van der Waals surface area contributed by atoms with Crippen LogP contribution < -0.4 is 10.6 Å². The zero-order valence-corrected chi connectivity index (χ0v) is 16.7. The van der Waals surface area contributed by atoms with E-state index in [1.165, 1.54) is 5.69 Å². The van der Waals surface area contributed by atoms with E-state index < -0.39 is 0 Å². The van der Waals surface area contributed by atoms with Crippen LogP contribution in [0.2, 0.25) is 0 Å². The molecule has 0 aliphatic carbocycles. The molecule has 1 aromatic rings. The normalized spacial score (nSPS) is 16.2. The van der Waals surface area contributed by atoms with E-state index in [2.05, 4.69) is 47.3 Å².